The van der Waals surface area contributed by atoms with Gasteiger partial charge in [-0.1, -0.05) is 20.3 Å². The number of thioether (sulfide) groups is 1. The number of carbonyl (C=O) groups is 3. The van der Waals surface area contributed by atoms with E-state index in [2.05, 4.69) is 36.3 Å². The van der Waals surface area contributed by atoms with Crippen LogP contribution in [0.1, 0.15) is 53.9 Å². The van der Waals surface area contributed by atoms with Crippen molar-refractivity contribution in [1.82, 2.24) is 10.2 Å². The number of benzene rings is 1. The molecule has 0 aromatic heterocycles. The lowest BCUT2D eigenvalue weighted by atomic mass is 9.66. The van der Waals surface area contributed by atoms with Crippen LogP contribution in [0.25, 0.3) is 0 Å². The maximum absolute atomic E-state index is 14.2. The van der Waals surface area contributed by atoms with E-state index in [4.69, 9.17) is 0 Å². The van der Waals surface area contributed by atoms with Crippen molar-refractivity contribution in [3.8, 4) is 0 Å². The van der Waals surface area contributed by atoms with Crippen LogP contribution in [0.15, 0.2) is 24.3 Å². The number of anilines is 2. The summed E-state index contributed by atoms with van der Waals surface area (Å²) in [5, 5.41) is 16.3. The summed E-state index contributed by atoms with van der Waals surface area (Å²) in [7, 11) is 1.61. The Labute approximate surface area is 224 Å². The fraction of sp³-hybridized carbons (Fsp3) is 0.679. The molecule has 1 aromatic carbocycles. The molecule has 1 aromatic rings. The SMILES string of the molecule is CC[C@H](C)[C@H](CO)N1C(=O)[C@@H]2[C@H](C(=O)NC)[C@]3(C)CCC2(S3)C1C(=O)Nc1ccc(N(CC)CC)cc1. The van der Waals surface area contributed by atoms with Crippen LogP contribution in [0.3, 0.4) is 0 Å². The van der Waals surface area contributed by atoms with E-state index in [-0.39, 0.29) is 30.2 Å². The van der Waals surface area contributed by atoms with Gasteiger partial charge in [0.05, 0.1) is 29.2 Å². The molecule has 2 bridgehead atoms. The molecule has 37 heavy (non-hydrogen) atoms. The summed E-state index contributed by atoms with van der Waals surface area (Å²) in [5.41, 5.74) is 1.76. The first kappa shape index (κ1) is 27.8. The molecule has 3 heterocycles. The Bertz CT molecular complexity index is 1030. The van der Waals surface area contributed by atoms with E-state index >= 15 is 0 Å². The summed E-state index contributed by atoms with van der Waals surface area (Å²) in [6.45, 7) is 11.9. The molecule has 3 amide bonds. The lowest BCUT2D eigenvalue weighted by Crippen LogP contribution is -2.56. The lowest BCUT2D eigenvalue weighted by Gasteiger charge is -2.39. The Morgan fingerprint density at radius 1 is 1.16 bits per heavy atom. The molecule has 0 saturated carbocycles. The van der Waals surface area contributed by atoms with Crippen LogP contribution in [-0.4, -0.2) is 76.0 Å². The van der Waals surface area contributed by atoms with Crippen molar-refractivity contribution in [2.24, 2.45) is 17.8 Å². The third-order valence-corrected chi connectivity index (χ3v) is 11.1. The number of nitrogens with one attached hydrogen (secondary N) is 2. The number of hydrogen-bond acceptors (Lipinski definition) is 6. The fourth-order valence-electron chi connectivity index (χ4n) is 6.95. The number of rotatable bonds is 10. The highest BCUT2D eigenvalue weighted by Gasteiger charge is 2.77. The highest BCUT2D eigenvalue weighted by atomic mass is 32.2. The van der Waals surface area contributed by atoms with Crippen molar-refractivity contribution in [2.75, 3.05) is 37.0 Å². The number of aliphatic hydroxyl groups is 1. The van der Waals surface area contributed by atoms with Gasteiger partial charge in [-0.25, -0.2) is 0 Å². The van der Waals surface area contributed by atoms with Crippen LogP contribution in [0.5, 0.6) is 0 Å². The standard InChI is InChI=1S/C28H42N4O4S/c1-7-17(4)20(16-33)32-23(25(35)30-18-10-12-19(13-11-18)31(8-2)9-3)28-15-14-27(5,37-28)21(24(34)29-6)22(28)26(32)36/h10-13,17,20-23,33H,7-9,14-16H2,1-6H3,(H,29,34)(H,30,35)/t17-,20-,21+,22-,23?,27-,28?/m0/s1. The van der Waals surface area contributed by atoms with Gasteiger partial charge in [-0.2, -0.15) is 0 Å². The monoisotopic (exact) mass is 530 g/mol. The Morgan fingerprint density at radius 2 is 1.81 bits per heavy atom. The molecule has 9 heteroatoms. The van der Waals surface area contributed by atoms with Gasteiger partial charge in [-0.3, -0.25) is 14.4 Å². The third kappa shape index (κ3) is 4.32. The minimum Gasteiger partial charge on any atom is -0.394 e. The zero-order valence-corrected chi connectivity index (χ0v) is 23.7. The summed E-state index contributed by atoms with van der Waals surface area (Å²) in [6, 6.07) is 6.53. The molecule has 8 nitrogen and oxygen atoms in total. The van der Waals surface area contributed by atoms with Gasteiger partial charge < -0.3 is 25.5 Å². The molecule has 2 unspecified atom stereocenters. The van der Waals surface area contributed by atoms with Crippen LogP contribution in [-0.2, 0) is 14.4 Å². The van der Waals surface area contributed by atoms with Gasteiger partial charge in [-0.05, 0) is 63.8 Å². The molecule has 1 spiro atoms. The van der Waals surface area contributed by atoms with Crippen LogP contribution < -0.4 is 15.5 Å². The largest absolute Gasteiger partial charge is 0.394 e. The molecule has 3 aliphatic heterocycles. The molecule has 7 atom stereocenters. The molecular formula is C28H42N4O4S. The van der Waals surface area contributed by atoms with E-state index in [1.807, 2.05) is 38.1 Å². The quantitative estimate of drug-likeness (QED) is 0.430. The first-order valence-corrected chi connectivity index (χ1v) is 14.4. The van der Waals surface area contributed by atoms with Crippen molar-refractivity contribution in [2.45, 2.75) is 75.5 Å². The minimum absolute atomic E-state index is 0.00377. The van der Waals surface area contributed by atoms with Crippen molar-refractivity contribution in [3.05, 3.63) is 24.3 Å². The number of aliphatic hydroxyl groups excluding tert-OH is 1. The van der Waals surface area contributed by atoms with Gasteiger partial charge in [0.2, 0.25) is 17.7 Å². The fourth-order valence-corrected chi connectivity index (χ4v) is 9.29. The second-order valence-corrected chi connectivity index (χ2v) is 12.8. The second-order valence-electron chi connectivity index (χ2n) is 10.9. The van der Waals surface area contributed by atoms with Gasteiger partial charge in [0.1, 0.15) is 6.04 Å². The predicted octanol–water partition coefficient (Wildman–Crippen LogP) is 3.11. The van der Waals surface area contributed by atoms with Gasteiger partial charge in [-0.15, -0.1) is 11.8 Å². The molecular weight excluding hydrogens is 488 g/mol. The van der Waals surface area contributed by atoms with Crippen molar-refractivity contribution >= 4 is 40.9 Å². The van der Waals surface area contributed by atoms with Crippen molar-refractivity contribution < 1.29 is 19.5 Å². The highest BCUT2D eigenvalue weighted by Crippen LogP contribution is 2.71. The second kappa shape index (κ2) is 10.5. The number of carbonyl (C=O) groups excluding carboxylic acids is 3. The maximum atomic E-state index is 14.2. The molecule has 3 N–H and O–H groups in total. The summed E-state index contributed by atoms with van der Waals surface area (Å²) in [5.74, 6) is -1.66. The first-order valence-electron chi connectivity index (χ1n) is 13.6. The average molecular weight is 531 g/mol. The van der Waals surface area contributed by atoms with Crippen molar-refractivity contribution in [1.29, 1.82) is 0 Å². The Balaban J connectivity index is 1.72. The molecule has 3 fully saturated rings. The van der Waals surface area contributed by atoms with Crippen molar-refractivity contribution in [3.63, 3.8) is 0 Å². The maximum Gasteiger partial charge on any atom is 0.248 e. The van der Waals surface area contributed by atoms with Gasteiger partial charge >= 0.3 is 0 Å². The van der Waals surface area contributed by atoms with Gasteiger partial charge in [0, 0.05) is 36.3 Å². The van der Waals surface area contributed by atoms with E-state index < -0.39 is 33.4 Å². The summed E-state index contributed by atoms with van der Waals surface area (Å²) < 4.78 is -1.10. The topological polar surface area (TPSA) is 102 Å². The smallest absolute Gasteiger partial charge is 0.248 e. The summed E-state index contributed by atoms with van der Waals surface area (Å²) >= 11 is 1.65. The predicted molar refractivity (Wildman–Crippen MR) is 149 cm³/mol. The molecule has 3 aliphatic rings. The zero-order valence-electron chi connectivity index (χ0n) is 22.9. The normalized spacial score (nSPS) is 31.7. The van der Waals surface area contributed by atoms with Crippen LogP contribution in [0, 0.1) is 17.8 Å². The van der Waals surface area contributed by atoms with E-state index in [1.165, 1.54) is 0 Å². The Morgan fingerprint density at radius 3 is 2.35 bits per heavy atom. The number of hydrogen-bond donors (Lipinski definition) is 3. The zero-order chi connectivity index (χ0) is 27.1. The molecule has 0 aliphatic carbocycles. The summed E-state index contributed by atoms with van der Waals surface area (Å²) in [6.07, 6.45) is 2.21. The minimum atomic E-state index is -0.764. The third-order valence-electron chi connectivity index (χ3n) is 9.10. The number of amides is 3. The molecule has 3 saturated heterocycles. The highest BCUT2D eigenvalue weighted by molar-refractivity contribution is 8.02. The van der Waals surface area contributed by atoms with Gasteiger partial charge in [0.15, 0.2) is 0 Å². The molecule has 0 radical (unpaired) electrons. The Kier molecular flexibility index (Phi) is 7.87. The average Bonchev–Trinajstić information content (AvgIpc) is 3.46. The molecule has 204 valence electrons. The van der Waals surface area contributed by atoms with Crippen LogP contribution in [0.4, 0.5) is 11.4 Å². The Hall–Kier alpha value is -2.26. The molecule has 4 rings (SSSR count). The van der Waals surface area contributed by atoms with E-state index in [1.54, 1.807) is 23.7 Å². The number of fused-ring (bicyclic) bond motifs is 1. The number of nitrogens with zero attached hydrogens (tertiary/aromatic N) is 2. The van der Waals surface area contributed by atoms with E-state index in [0.29, 0.717) is 12.1 Å². The van der Waals surface area contributed by atoms with Crippen LogP contribution >= 0.6 is 11.8 Å². The van der Waals surface area contributed by atoms with Gasteiger partial charge in [0.25, 0.3) is 0 Å². The van der Waals surface area contributed by atoms with E-state index in [9.17, 15) is 19.5 Å². The first-order chi connectivity index (χ1) is 17.6. The van der Waals surface area contributed by atoms with Crippen LogP contribution in [0.2, 0.25) is 0 Å². The lowest BCUT2D eigenvalue weighted by molar-refractivity contribution is -0.143. The summed E-state index contributed by atoms with van der Waals surface area (Å²) in [4.78, 5) is 45.2. The van der Waals surface area contributed by atoms with E-state index in [0.717, 1.165) is 31.6 Å². The number of likely N-dealkylation sites (tertiary alicyclic amines) is 1.